The number of hydrogen-bond donors (Lipinski definition) is 3. The monoisotopic (exact) mass is 416 g/mol. The summed E-state index contributed by atoms with van der Waals surface area (Å²) in [7, 11) is 0. The van der Waals surface area contributed by atoms with Crippen LogP contribution in [-0.2, 0) is 4.79 Å². The van der Waals surface area contributed by atoms with Crippen molar-refractivity contribution in [2.45, 2.75) is 19.9 Å². The van der Waals surface area contributed by atoms with E-state index >= 15 is 0 Å². The molecule has 0 radical (unpaired) electrons. The second kappa shape index (κ2) is 7.95. The summed E-state index contributed by atoms with van der Waals surface area (Å²) in [6, 6.07) is 10.7. The minimum atomic E-state index is -0.547. The van der Waals surface area contributed by atoms with Crippen molar-refractivity contribution >= 4 is 46.2 Å². The molecule has 144 valence electrons. The Morgan fingerprint density at radius 1 is 1.21 bits per heavy atom. The number of nitro groups is 1. The molecule has 28 heavy (non-hydrogen) atoms. The zero-order valence-corrected chi connectivity index (χ0v) is 16.6. The number of aryl methyl sites for hydroxylation is 1. The molecular weight excluding hydrogens is 400 g/mol. The molecule has 0 saturated heterocycles. The maximum absolute atomic E-state index is 13.1. The minimum absolute atomic E-state index is 0.0264. The van der Waals surface area contributed by atoms with Crippen LogP contribution >= 0.6 is 23.8 Å². The van der Waals surface area contributed by atoms with E-state index in [-0.39, 0.29) is 11.6 Å². The van der Waals surface area contributed by atoms with Crippen molar-refractivity contribution < 1.29 is 9.72 Å². The van der Waals surface area contributed by atoms with Crippen molar-refractivity contribution in [3.8, 4) is 0 Å². The predicted octanol–water partition coefficient (Wildman–Crippen LogP) is 3.99. The maximum atomic E-state index is 13.1. The summed E-state index contributed by atoms with van der Waals surface area (Å²) in [5, 5.41) is 20.7. The van der Waals surface area contributed by atoms with E-state index in [1.165, 1.54) is 12.1 Å². The highest BCUT2D eigenvalue weighted by Crippen LogP contribution is 2.30. The highest BCUT2D eigenvalue weighted by atomic mass is 35.5. The van der Waals surface area contributed by atoms with Gasteiger partial charge in [-0.2, -0.15) is 0 Å². The first-order chi connectivity index (χ1) is 13.3. The standard InChI is InChI=1S/C19H17ClN4O3S/c1-10-3-6-13(20)9-15(10)22-18(25)16-11(2)21-19(28)23-17(16)12-4-7-14(8-5-12)24(26)27/h3-9,17H,1-2H3,(H,22,25)(H2,21,23,28). The molecule has 1 aliphatic heterocycles. The number of halogens is 1. The van der Waals surface area contributed by atoms with Gasteiger partial charge in [0.1, 0.15) is 0 Å². The third kappa shape index (κ3) is 4.13. The largest absolute Gasteiger partial charge is 0.351 e. The fourth-order valence-corrected chi connectivity index (χ4v) is 3.39. The van der Waals surface area contributed by atoms with E-state index in [1.807, 2.05) is 13.0 Å². The third-order valence-corrected chi connectivity index (χ3v) is 4.85. The molecule has 1 aliphatic rings. The van der Waals surface area contributed by atoms with Crippen LogP contribution in [0.15, 0.2) is 53.7 Å². The zero-order valence-electron chi connectivity index (χ0n) is 15.1. The van der Waals surface area contributed by atoms with Gasteiger partial charge in [-0.05, 0) is 61.5 Å². The van der Waals surface area contributed by atoms with Crippen LogP contribution in [0, 0.1) is 17.0 Å². The van der Waals surface area contributed by atoms with Gasteiger partial charge in [-0.25, -0.2) is 0 Å². The molecule has 0 aromatic heterocycles. The molecule has 3 rings (SSSR count). The van der Waals surface area contributed by atoms with Gasteiger partial charge in [-0.3, -0.25) is 14.9 Å². The number of benzene rings is 2. The molecule has 1 heterocycles. The van der Waals surface area contributed by atoms with Crippen molar-refractivity contribution in [3.05, 3.63) is 80.0 Å². The quantitative estimate of drug-likeness (QED) is 0.396. The molecule has 2 aromatic rings. The van der Waals surface area contributed by atoms with Gasteiger partial charge in [-0.15, -0.1) is 0 Å². The van der Waals surface area contributed by atoms with E-state index < -0.39 is 11.0 Å². The van der Waals surface area contributed by atoms with E-state index in [4.69, 9.17) is 23.8 Å². The Bertz CT molecular complexity index is 1000. The van der Waals surface area contributed by atoms with Crippen LogP contribution in [0.5, 0.6) is 0 Å². The van der Waals surface area contributed by atoms with Crippen molar-refractivity contribution in [1.29, 1.82) is 0 Å². The van der Waals surface area contributed by atoms with E-state index in [0.717, 1.165) is 5.56 Å². The number of rotatable bonds is 4. The summed E-state index contributed by atoms with van der Waals surface area (Å²) in [4.78, 5) is 23.5. The average molecular weight is 417 g/mol. The summed E-state index contributed by atoms with van der Waals surface area (Å²) >= 11 is 11.3. The molecule has 9 heteroatoms. The molecule has 0 bridgehead atoms. The van der Waals surface area contributed by atoms with Gasteiger partial charge < -0.3 is 16.0 Å². The van der Waals surface area contributed by atoms with E-state index in [1.54, 1.807) is 31.2 Å². The number of anilines is 1. The fourth-order valence-electron chi connectivity index (χ4n) is 2.95. The topological polar surface area (TPSA) is 96.3 Å². The predicted molar refractivity (Wildman–Crippen MR) is 112 cm³/mol. The molecule has 0 spiro atoms. The number of allylic oxidation sites excluding steroid dienone is 1. The number of nitrogens with one attached hydrogen (secondary N) is 3. The number of thiocarbonyl (C=S) groups is 1. The Hall–Kier alpha value is -2.97. The minimum Gasteiger partial charge on any atom is -0.351 e. The van der Waals surface area contributed by atoms with Crippen LogP contribution < -0.4 is 16.0 Å². The number of hydrogen-bond acceptors (Lipinski definition) is 4. The molecule has 0 saturated carbocycles. The number of nitro benzene ring substituents is 1. The van der Waals surface area contributed by atoms with Gasteiger partial charge in [0, 0.05) is 28.5 Å². The van der Waals surface area contributed by atoms with Crippen molar-refractivity contribution in [2.24, 2.45) is 0 Å². The lowest BCUT2D eigenvalue weighted by molar-refractivity contribution is -0.384. The first kappa shape index (κ1) is 19.8. The Kier molecular flexibility index (Phi) is 5.62. The summed E-state index contributed by atoms with van der Waals surface area (Å²) < 4.78 is 0. The molecule has 1 unspecified atom stereocenters. The summed E-state index contributed by atoms with van der Waals surface area (Å²) in [6.45, 7) is 3.62. The Morgan fingerprint density at radius 3 is 2.54 bits per heavy atom. The van der Waals surface area contributed by atoms with Gasteiger partial charge >= 0.3 is 0 Å². The zero-order chi connectivity index (χ0) is 20.4. The first-order valence-corrected chi connectivity index (χ1v) is 9.15. The fraction of sp³-hybridized carbons (Fsp3) is 0.158. The smallest absolute Gasteiger partial charge is 0.269 e. The number of amides is 1. The van der Waals surface area contributed by atoms with E-state index in [0.29, 0.717) is 32.7 Å². The lowest BCUT2D eigenvalue weighted by atomic mass is 9.94. The van der Waals surface area contributed by atoms with E-state index in [2.05, 4.69) is 16.0 Å². The van der Waals surface area contributed by atoms with Gasteiger partial charge in [0.2, 0.25) is 0 Å². The van der Waals surface area contributed by atoms with Gasteiger partial charge in [0.25, 0.3) is 11.6 Å². The summed E-state index contributed by atoms with van der Waals surface area (Å²) in [5.41, 5.74) is 3.16. The highest BCUT2D eigenvalue weighted by molar-refractivity contribution is 7.80. The summed E-state index contributed by atoms with van der Waals surface area (Å²) in [6.07, 6.45) is 0. The molecule has 7 nitrogen and oxygen atoms in total. The maximum Gasteiger partial charge on any atom is 0.269 e. The van der Waals surface area contributed by atoms with Crippen LogP contribution in [-0.4, -0.2) is 15.9 Å². The Labute approximate surface area is 171 Å². The molecular formula is C19H17ClN4O3S. The molecule has 3 N–H and O–H groups in total. The van der Waals surface area contributed by atoms with Crippen LogP contribution in [0.25, 0.3) is 0 Å². The average Bonchev–Trinajstić information content (AvgIpc) is 2.64. The van der Waals surface area contributed by atoms with Gasteiger partial charge in [0.15, 0.2) is 5.11 Å². The molecule has 0 aliphatic carbocycles. The van der Waals surface area contributed by atoms with Crippen LogP contribution in [0.2, 0.25) is 5.02 Å². The SMILES string of the molecule is CC1=C(C(=O)Nc2cc(Cl)ccc2C)C(c2ccc([N+](=O)[O-])cc2)NC(=S)N1. The lowest BCUT2D eigenvalue weighted by Gasteiger charge is -2.30. The van der Waals surface area contributed by atoms with Crippen LogP contribution in [0.3, 0.4) is 0 Å². The van der Waals surface area contributed by atoms with Crippen molar-refractivity contribution in [1.82, 2.24) is 10.6 Å². The number of nitrogens with zero attached hydrogens (tertiary/aromatic N) is 1. The lowest BCUT2D eigenvalue weighted by Crippen LogP contribution is -2.45. The normalized spacial score (nSPS) is 16.2. The highest BCUT2D eigenvalue weighted by Gasteiger charge is 2.30. The molecule has 2 aromatic carbocycles. The second-order valence-corrected chi connectivity index (χ2v) is 7.18. The van der Waals surface area contributed by atoms with Gasteiger partial charge in [0.05, 0.1) is 16.5 Å². The second-order valence-electron chi connectivity index (χ2n) is 6.33. The van der Waals surface area contributed by atoms with Crippen molar-refractivity contribution in [3.63, 3.8) is 0 Å². The Balaban J connectivity index is 1.96. The van der Waals surface area contributed by atoms with Crippen LogP contribution in [0.1, 0.15) is 24.1 Å². The molecule has 1 amide bonds. The number of carbonyl (C=O) groups is 1. The Morgan fingerprint density at radius 2 is 1.89 bits per heavy atom. The van der Waals surface area contributed by atoms with Crippen LogP contribution in [0.4, 0.5) is 11.4 Å². The first-order valence-electron chi connectivity index (χ1n) is 8.36. The third-order valence-electron chi connectivity index (χ3n) is 4.40. The number of carbonyl (C=O) groups excluding carboxylic acids is 1. The van der Waals surface area contributed by atoms with Gasteiger partial charge in [-0.1, -0.05) is 17.7 Å². The van der Waals surface area contributed by atoms with E-state index in [9.17, 15) is 14.9 Å². The summed E-state index contributed by atoms with van der Waals surface area (Å²) in [5.74, 6) is -0.325. The molecule has 0 fully saturated rings. The van der Waals surface area contributed by atoms with Crippen molar-refractivity contribution in [2.75, 3.05) is 5.32 Å². The molecule has 1 atom stereocenters. The number of non-ortho nitro benzene ring substituents is 1.